The normalized spacial score (nSPS) is 11.8. The van der Waals surface area contributed by atoms with E-state index < -0.39 is 5.97 Å². The average Bonchev–Trinajstić information content (AvgIpc) is 2.86. The van der Waals surface area contributed by atoms with Crippen LogP contribution in [-0.2, 0) is 4.79 Å². The molecule has 1 heterocycles. The number of carboxylic acid groups (broad SMARTS) is 1. The molecule has 1 unspecified atom stereocenters. The molecule has 1 aromatic heterocycles. The first-order chi connectivity index (χ1) is 17.4. The first-order valence-electron chi connectivity index (χ1n) is 14.2. The van der Waals surface area contributed by atoms with E-state index in [1.807, 2.05) is 30.5 Å². The van der Waals surface area contributed by atoms with Gasteiger partial charge in [0.15, 0.2) is 0 Å². The number of hydrogen-bond donors (Lipinski definition) is 2. The van der Waals surface area contributed by atoms with Gasteiger partial charge in [0, 0.05) is 34.8 Å². The van der Waals surface area contributed by atoms with Gasteiger partial charge in [-0.1, -0.05) is 83.7 Å². The summed E-state index contributed by atoms with van der Waals surface area (Å²) in [5.74, 6) is -0.659. The Morgan fingerprint density at radius 1 is 0.972 bits per heavy atom. The summed E-state index contributed by atoms with van der Waals surface area (Å²) >= 11 is 6.04. The van der Waals surface area contributed by atoms with E-state index in [0.717, 1.165) is 54.0 Å². The van der Waals surface area contributed by atoms with Crippen molar-refractivity contribution in [1.29, 1.82) is 0 Å². The standard InChI is InChI=1S/C18H26ClN3.C12H24O2/c1-4-22(5-2)12-6-7-14(3)21-17-10-11-20-18-13-15(19)8-9-16(17)18;1-2-3-4-5-6-7-8-9-10-11-12(13)14/h8-11,13-14H,4-7,12H2,1-3H3,(H,20,21);2-11H2,1H3,(H,13,14). The van der Waals surface area contributed by atoms with Crippen molar-refractivity contribution in [2.75, 3.05) is 25.0 Å². The van der Waals surface area contributed by atoms with E-state index >= 15 is 0 Å². The van der Waals surface area contributed by atoms with Gasteiger partial charge in [-0.2, -0.15) is 0 Å². The van der Waals surface area contributed by atoms with Crippen LogP contribution in [0.3, 0.4) is 0 Å². The van der Waals surface area contributed by atoms with Crippen LogP contribution in [0.25, 0.3) is 10.9 Å². The van der Waals surface area contributed by atoms with Gasteiger partial charge in [-0.25, -0.2) is 0 Å². The van der Waals surface area contributed by atoms with Crippen LogP contribution in [0.4, 0.5) is 5.69 Å². The lowest BCUT2D eigenvalue weighted by molar-refractivity contribution is -0.137. The summed E-state index contributed by atoms with van der Waals surface area (Å²) in [7, 11) is 0. The van der Waals surface area contributed by atoms with Crippen LogP contribution in [0.2, 0.25) is 5.02 Å². The predicted molar refractivity (Wildman–Crippen MR) is 156 cm³/mol. The molecule has 1 aromatic carbocycles. The number of pyridine rings is 1. The quantitative estimate of drug-likeness (QED) is 0.192. The lowest BCUT2D eigenvalue weighted by Gasteiger charge is -2.20. The number of rotatable bonds is 18. The van der Waals surface area contributed by atoms with Crippen molar-refractivity contribution in [2.24, 2.45) is 0 Å². The molecule has 0 aliphatic carbocycles. The molecular formula is C30H50ClN3O2. The summed E-state index contributed by atoms with van der Waals surface area (Å²) in [5, 5.41) is 13.9. The van der Waals surface area contributed by atoms with Crippen LogP contribution in [0.1, 0.15) is 105 Å². The molecule has 0 saturated heterocycles. The third-order valence-electron chi connectivity index (χ3n) is 6.61. The van der Waals surface area contributed by atoms with Gasteiger partial charge in [0.2, 0.25) is 0 Å². The first kappa shape index (κ1) is 32.2. The first-order valence-corrected chi connectivity index (χ1v) is 14.5. The summed E-state index contributed by atoms with van der Waals surface area (Å²) < 4.78 is 0. The number of halogens is 1. The van der Waals surface area contributed by atoms with E-state index in [-0.39, 0.29) is 0 Å². The molecule has 36 heavy (non-hydrogen) atoms. The molecule has 0 radical (unpaired) electrons. The molecule has 0 bridgehead atoms. The van der Waals surface area contributed by atoms with E-state index in [0.29, 0.717) is 12.5 Å². The molecule has 0 fully saturated rings. The topological polar surface area (TPSA) is 65.5 Å². The van der Waals surface area contributed by atoms with Gasteiger partial charge in [0.1, 0.15) is 0 Å². The van der Waals surface area contributed by atoms with Gasteiger partial charge >= 0.3 is 5.97 Å². The summed E-state index contributed by atoms with van der Waals surface area (Å²) in [6.07, 6.45) is 15.7. The maximum atomic E-state index is 10.2. The molecule has 6 heteroatoms. The van der Waals surface area contributed by atoms with Gasteiger partial charge in [0.25, 0.3) is 0 Å². The summed E-state index contributed by atoms with van der Waals surface area (Å²) in [4.78, 5) is 17.1. The highest BCUT2D eigenvalue weighted by atomic mass is 35.5. The molecule has 2 N–H and O–H groups in total. The molecule has 2 rings (SSSR count). The minimum atomic E-state index is -0.659. The lowest BCUT2D eigenvalue weighted by Crippen LogP contribution is -2.25. The molecule has 5 nitrogen and oxygen atoms in total. The number of hydrogen-bond acceptors (Lipinski definition) is 4. The number of nitrogens with one attached hydrogen (secondary N) is 1. The number of carboxylic acids is 1. The highest BCUT2D eigenvalue weighted by Gasteiger charge is 2.07. The lowest BCUT2D eigenvalue weighted by atomic mass is 10.1. The second-order valence-corrected chi connectivity index (χ2v) is 10.1. The number of aromatic nitrogens is 1. The molecule has 2 aromatic rings. The Bertz CT molecular complexity index is 842. The van der Waals surface area contributed by atoms with Gasteiger partial charge in [-0.15, -0.1) is 0 Å². The number of aliphatic carboxylic acids is 1. The van der Waals surface area contributed by atoms with E-state index in [4.69, 9.17) is 16.7 Å². The largest absolute Gasteiger partial charge is 0.481 e. The van der Waals surface area contributed by atoms with E-state index in [1.54, 1.807) is 0 Å². The van der Waals surface area contributed by atoms with Crippen molar-refractivity contribution in [1.82, 2.24) is 9.88 Å². The second kappa shape index (κ2) is 20.2. The third-order valence-corrected chi connectivity index (χ3v) is 6.84. The second-order valence-electron chi connectivity index (χ2n) is 9.71. The third kappa shape index (κ3) is 14.6. The Labute approximate surface area is 225 Å². The number of carbonyl (C=O) groups is 1. The number of fused-ring (bicyclic) bond motifs is 1. The Morgan fingerprint density at radius 3 is 2.22 bits per heavy atom. The minimum Gasteiger partial charge on any atom is -0.481 e. The number of benzene rings is 1. The highest BCUT2D eigenvalue weighted by molar-refractivity contribution is 6.31. The highest BCUT2D eigenvalue weighted by Crippen LogP contribution is 2.25. The Morgan fingerprint density at radius 2 is 1.61 bits per heavy atom. The zero-order chi connectivity index (χ0) is 26.6. The van der Waals surface area contributed by atoms with Crippen molar-refractivity contribution in [2.45, 2.75) is 111 Å². The number of nitrogens with zero attached hydrogens (tertiary/aromatic N) is 2. The molecule has 0 aliphatic heterocycles. The smallest absolute Gasteiger partial charge is 0.303 e. The fourth-order valence-corrected chi connectivity index (χ4v) is 4.50. The maximum Gasteiger partial charge on any atom is 0.303 e. The zero-order valence-electron chi connectivity index (χ0n) is 23.2. The number of anilines is 1. The monoisotopic (exact) mass is 519 g/mol. The number of unbranched alkanes of at least 4 members (excludes halogenated alkanes) is 8. The average molecular weight is 520 g/mol. The van der Waals surface area contributed by atoms with Crippen LogP contribution in [0, 0.1) is 0 Å². The van der Waals surface area contributed by atoms with Gasteiger partial charge in [-0.05, 0) is 70.1 Å². The Kier molecular flexibility index (Phi) is 18.1. The van der Waals surface area contributed by atoms with Crippen molar-refractivity contribution >= 4 is 34.2 Å². The Hall–Kier alpha value is -1.85. The Balaban J connectivity index is 0.000000402. The molecule has 1 atom stereocenters. The minimum absolute atomic E-state index is 0.343. The van der Waals surface area contributed by atoms with E-state index in [2.05, 4.69) is 42.9 Å². The van der Waals surface area contributed by atoms with Crippen LogP contribution >= 0.6 is 11.6 Å². The SMILES string of the molecule is CCCCCCCCCCCC(=O)O.CCN(CC)CCCC(C)Nc1ccnc2cc(Cl)ccc12. The fraction of sp³-hybridized carbons (Fsp3) is 0.667. The van der Waals surface area contributed by atoms with E-state index in [1.165, 1.54) is 57.9 Å². The summed E-state index contributed by atoms with van der Waals surface area (Å²) in [6.45, 7) is 12.4. The van der Waals surface area contributed by atoms with Crippen LogP contribution in [-0.4, -0.2) is 46.6 Å². The molecule has 0 aliphatic rings. The van der Waals surface area contributed by atoms with Crippen molar-refractivity contribution in [3.63, 3.8) is 0 Å². The van der Waals surface area contributed by atoms with Gasteiger partial charge in [-0.3, -0.25) is 9.78 Å². The van der Waals surface area contributed by atoms with Crippen LogP contribution in [0.15, 0.2) is 30.5 Å². The van der Waals surface area contributed by atoms with Gasteiger partial charge < -0.3 is 15.3 Å². The maximum absolute atomic E-state index is 10.2. The fourth-order valence-electron chi connectivity index (χ4n) is 4.33. The molecule has 0 saturated carbocycles. The predicted octanol–water partition coefficient (Wildman–Crippen LogP) is 8.80. The van der Waals surface area contributed by atoms with Gasteiger partial charge in [0.05, 0.1) is 5.52 Å². The summed E-state index contributed by atoms with van der Waals surface area (Å²) in [5.41, 5.74) is 2.07. The molecule has 204 valence electrons. The molecule has 0 amide bonds. The molecule has 0 spiro atoms. The summed E-state index contributed by atoms with van der Waals surface area (Å²) in [6, 6.07) is 8.35. The van der Waals surface area contributed by atoms with Crippen LogP contribution < -0.4 is 5.32 Å². The zero-order valence-corrected chi connectivity index (χ0v) is 24.0. The van der Waals surface area contributed by atoms with Crippen LogP contribution in [0.5, 0.6) is 0 Å². The van der Waals surface area contributed by atoms with Crippen molar-refractivity contribution in [3.05, 3.63) is 35.5 Å². The molecular weight excluding hydrogens is 470 g/mol. The van der Waals surface area contributed by atoms with Crippen molar-refractivity contribution < 1.29 is 9.90 Å². The van der Waals surface area contributed by atoms with Crippen molar-refractivity contribution in [3.8, 4) is 0 Å². The van der Waals surface area contributed by atoms with E-state index in [9.17, 15) is 4.79 Å².